The maximum atomic E-state index is 12.5. The highest BCUT2D eigenvalue weighted by Crippen LogP contribution is 2.30. The van der Waals surface area contributed by atoms with Crippen LogP contribution in [0.3, 0.4) is 0 Å². The number of urea groups is 1. The number of amides is 2. The van der Waals surface area contributed by atoms with Crippen LogP contribution in [0, 0.1) is 0 Å². The zero-order valence-electron chi connectivity index (χ0n) is 17.0. The van der Waals surface area contributed by atoms with Crippen molar-refractivity contribution in [3.05, 3.63) is 65.7 Å². The van der Waals surface area contributed by atoms with Crippen LogP contribution < -0.4 is 5.32 Å². The highest BCUT2D eigenvalue weighted by Gasteiger charge is 2.36. The van der Waals surface area contributed by atoms with Crippen LogP contribution in [0.5, 0.6) is 0 Å². The fourth-order valence-corrected chi connectivity index (χ4v) is 4.33. The van der Waals surface area contributed by atoms with Crippen molar-refractivity contribution in [3.8, 4) is 0 Å². The molecule has 0 aliphatic carbocycles. The van der Waals surface area contributed by atoms with Crippen molar-refractivity contribution in [2.24, 2.45) is 0 Å². The zero-order valence-corrected chi connectivity index (χ0v) is 17.0. The summed E-state index contributed by atoms with van der Waals surface area (Å²) in [6, 6.07) is 19.6. The molecule has 148 valence electrons. The van der Waals surface area contributed by atoms with Gasteiger partial charge < -0.3 is 10.2 Å². The van der Waals surface area contributed by atoms with Crippen LogP contribution in [-0.2, 0) is 0 Å². The number of piperidine rings is 1. The predicted octanol–water partition coefficient (Wildman–Crippen LogP) is 4.91. The van der Waals surface area contributed by atoms with Crippen molar-refractivity contribution < 1.29 is 4.79 Å². The number of likely N-dealkylation sites (tertiary alicyclic amines) is 2. The molecule has 28 heavy (non-hydrogen) atoms. The Kier molecular flexibility index (Phi) is 5.67. The van der Waals surface area contributed by atoms with E-state index in [0.717, 1.165) is 31.9 Å². The maximum Gasteiger partial charge on any atom is 0.321 e. The van der Waals surface area contributed by atoms with E-state index in [1.807, 2.05) is 17.0 Å². The molecule has 0 aromatic heterocycles. The number of rotatable bonds is 4. The summed E-state index contributed by atoms with van der Waals surface area (Å²) in [5.74, 6) is 1.19. The predicted molar refractivity (Wildman–Crippen MR) is 115 cm³/mol. The van der Waals surface area contributed by atoms with Crippen molar-refractivity contribution >= 4 is 11.7 Å². The fourth-order valence-electron chi connectivity index (χ4n) is 4.33. The van der Waals surface area contributed by atoms with Gasteiger partial charge in [-0.2, -0.15) is 0 Å². The smallest absolute Gasteiger partial charge is 0.321 e. The molecule has 0 radical (unpaired) electrons. The fraction of sp³-hybridized carbons (Fsp3) is 0.458. The van der Waals surface area contributed by atoms with E-state index in [1.165, 1.54) is 24.0 Å². The second-order valence-electron chi connectivity index (χ2n) is 8.49. The quantitative estimate of drug-likeness (QED) is 0.822. The molecule has 4 nitrogen and oxygen atoms in total. The van der Waals surface area contributed by atoms with Crippen molar-refractivity contribution in [2.45, 2.75) is 44.6 Å². The van der Waals surface area contributed by atoms with E-state index in [-0.39, 0.29) is 6.03 Å². The molecule has 0 spiro atoms. The monoisotopic (exact) mass is 377 g/mol. The van der Waals surface area contributed by atoms with Gasteiger partial charge >= 0.3 is 6.03 Å². The summed E-state index contributed by atoms with van der Waals surface area (Å²) in [4.78, 5) is 17.0. The Morgan fingerprint density at radius 1 is 0.964 bits per heavy atom. The molecule has 2 aliphatic heterocycles. The SMILES string of the molecule is CC(C)c1ccc(NC(=O)N2CC(N3CCC(c4ccccc4)CC3)C2)cc1. The summed E-state index contributed by atoms with van der Waals surface area (Å²) in [6.07, 6.45) is 2.43. The van der Waals surface area contributed by atoms with Gasteiger partial charge in [0.2, 0.25) is 0 Å². The second kappa shape index (κ2) is 8.36. The van der Waals surface area contributed by atoms with Crippen LogP contribution >= 0.6 is 0 Å². The lowest BCUT2D eigenvalue weighted by molar-refractivity contribution is 0.0454. The lowest BCUT2D eigenvalue weighted by atomic mass is 9.88. The summed E-state index contributed by atoms with van der Waals surface area (Å²) >= 11 is 0. The van der Waals surface area contributed by atoms with Gasteiger partial charge in [0.1, 0.15) is 0 Å². The lowest BCUT2D eigenvalue weighted by Crippen LogP contribution is -2.62. The molecule has 2 aromatic carbocycles. The number of anilines is 1. The average Bonchev–Trinajstić information content (AvgIpc) is 2.68. The molecule has 0 bridgehead atoms. The lowest BCUT2D eigenvalue weighted by Gasteiger charge is -2.47. The first kappa shape index (κ1) is 19.0. The minimum absolute atomic E-state index is 0.0210. The van der Waals surface area contributed by atoms with Gasteiger partial charge in [0, 0.05) is 24.8 Å². The summed E-state index contributed by atoms with van der Waals surface area (Å²) in [7, 11) is 0. The number of hydrogen-bond acceptors (Lipinski definition) is 2. The minimum Gasteiger partial charge on any atom is -0.321 e. The highest BCUT2D eigenvalue weighted by atomic mass is 16.2. The number of benzene rings is 2. The third-order valence-electron chi connectivity index (χ3n) is 6.30. The molecule has 0 atom stereocenters. The van der Waals surface area contributed by atoms with E-state index >= 15 is 0 Å². The van der Waals surface area contributed by atoms with Gasteiger partial charge in [-0.05, 0) is 61.0 Å². The van der Waals surface area contributed by atoms with Crippen LogP contribution in [0.2, 0.25) is 0 Å². The van der Waals surface area contributed by atoms with Gasteiger partial charge in [-0.25, -0.2) is 4.79 Å². The Hall–Kier alpha value is -2.33. The molecule has 2 aromatic rings. The molecule has 0 saturated carbocycles. The molecule has 2 aliphatic rings. The van der Waals surface area contributed by atoms with E-state index in [2.05, 4.69) is 66.5 Å². The third-order valence-corrected chi connectivity index (χ3v) is 6.30. The summed E-state index contributed by atoms with van der Waals surface area (Å²) < 4.78 is 0. The van der Waals surface area contributed by atoms with Crippen molar-refractivity contribution in [3.63, 3.8) is 0 Å². The Labute approximate surface area is 168 Å². The largest absolute Gasteiger partial charge is 0.321 e. The molecule has 2 amide bonds. The zero-order chi connectivity index (χ0) is 19.5. The van der Waals surface area contributed by atoms with Crippen LogP contribution in [0.4, 0.5) is 10.5 Å². The Morgan fingerprint density at radius 3 is 2.21 bits per heavy atom. The Morgan fingerprint density at radius 2 is 1.61 bits per heavy atom. The van der Waals surface area contributed by atoms with Gasteiger partial charge in [-0.15, -0.1) is 0 Å². The molecular weight excluding hydrogens is 346 g/mol. The number of carbonyl (C=O) groups excluding carboxylic acids is 1. The van der Waals surface area contributed by atoms with Crippen LogP contribution in [-0.4, -0.2) is 48.1 Å². The number of nitrogens with one attached hydrogen (secondary N) is 1. The number of nitrogens with zero attached hydrogens (tertiary/aromatic N) is 2. The van der Waals surface area contributed by atoms with Crippen LogP contribution in [0.15, 0.2) is 54.6 Å². The van der Waals surface area contributed by atoms with Crippen molar-refractivity contribution in [1.82, 2.24) is 9.80 Å². The average molecular weight is 378 g/mol. The Bertz CT molecular complexity index is 773. The van der Waals surface area contributed by atoms with Crippen molar-refractivity contribution in [2.75, 3.05) is 31.5 Å². The maximum absolute atomic E-state index is 12.5. The van der Waals surface area contributed by atoms with Gasteiger partial charge in [-0.3, -0.25) is 4.90 Å². The first-order valence-corrected chi connectivity index (χ1v) is 10.5. The topological polar surface area (TPSA) is 35.6 Å². The Balaban J connectivity index is 1.22. The normalized spacial score (nSPS) is 18.9. The van der Waals surface area contributed by atoms with E-state index in [4.69, 9.17) is 0 Å². The molecule has 2 saturated heterocycles. The number of carbonyl (C=O) groups is 1. The molecule has 4 rings (SSSR count). The van der Waals surface area contributed by atoms with Gasteiger partial charge in [-0.1, -0.05) is 56.3 Å². The van der Waals surface area contributed by atoms with Crippen LogP contribution in [0.1, 0.15) is 49.7 Å². The highest BCUT2D eigenvalue weighted by molar-refractivity contribution is 5.89. The van der Waals surface area contributed by atoms with E-state index in [0.29, 0.717) is 17.9 Å². The summed E-state index contributed by atoms with van der Waals surface area (Å²) in [5, 5.41) is 3.03. The van der Waals surface area contributed by atoms with E-state index < -0.39 is 0 Å². The first-order valence-electron chi connectivity index (χ1n) is 10.5. The third kappa shape index (κ3) is 4.22. The molecule has 2 fully saturated rings. The van der Waals surface area contributed by atoms with Crippen LogP contribution in [0.25, 0.3) is 0 Å². The summed E-state index contributed by atoms with van der Waals surface area (Å²) in [6.45, 7) is 8.30. The van der Waals surface area contributed by atoms with E-state index in [1.54, 1.807) is 0 Å². The molecule has 0 unspecified atom stereocenters. The molecule has 4 heteroatoms. The standard InChI is InChI=1S/C24H31N3O/c1-18(2)19-8-10-22(11-9-19)25-24(28)27-16-23(17-27)26-14-12-21(13-15-26)20-6-4-3-5-7-20/h3-11,18,21,23H,12-17H2,1-2H3,(H,25,28). The van der Waals surface area contributed by atoms with Gasteiger partial charge in [0.05, 0.1) is 0 Å². The van der Waals surface area contributed by atoms with E-state index in [9.17, 15) is 4.79 Å². The molecule has 2 heterocycles. The van der Waals surface area contributed by atoms with Gasteiger partial charge in [0.25, 0.3) is 0 Å². The second-order valence-corrected chi connectivity index (χ2v) is 8.49. The minimum atomic E-state index is 0.0210. The number of hydrogen-bond donors (Lipinski definition) is 1. The summed E-state index contributed by atoms with van der Waals surface area (Å²) in [5.41, 5.74) is 3.64. The molecular formula is C24H31N3O. The van der Waals surface area contributed by atoms with Gasteiger partial charge in [0.15, 0.2) is 0 Å². The first-order chi connectivity index (χ1) is 13.6. The van der Waals surface area contributed by atoms with Crippen molar-refractivity contribution in [1.29, 1.82) is 0 Å². The molecule has 1 N–H and O–H groups in total.